The number of hydrogen-bond donors (Lipinski definition) is 2. The van der Waals surface area contributed by atoms with E-state index < -0.39 is 34.0 Å². The quantitative estimate of drug-likeness (QED) is 0.720. The maximum absolute atomic E-state index is 12.1. The highest BCUT2D eigenvalue weighted by Gasteiger charge is 2.37. The van der Waals surface area contributed by atoms with Gasteiger partial charge in [0.1, 0.15) is 12.1 Å². The Bertz CT molecular complexity index is 474. The van der Waals surface area contributed by atoms with Crippen LogP contribution >= 0.6 is 0 Å². The van der Waals surface area contributed by atoms with E-state index in [9.17, 15) is 18.0 Å². The minimum absolute atomic E-state index is 0.117. The van der Waals surface area contributed by atoms with Crippen molar-refractivity contribution >= 4 is 21.9 Å². The van der Waals surface area contributed by atoms with Gasteiger partial charge in [0.25, 0.3) is 0 Å². The third kappa shape index (κ3) is 4.45. The van der Waals surface area contributed by atoms with Gasteiger partial charge in [0.15, 0.2) is 0 Å². The molecular formula is C12H22N2O5S. The Morgan fingerprint density at radius 3 is 2.45 bits per heavy atom. The Kier molecular flexibility index (Phi) is 5.52. The number of amides is 1. The van der Waals surface area contributed by atoms with Crippen molar-refractivity contribution in [2.75, 3.05) is 12.8 Å². The highest BCUT2D eigenvalue weighted by molar-refractivity contribution is 7.88. The molecule has 0 radical (unpaired) electrons. The molecule has 0 aromatic carbocycles. The number of nitrogens with zero attached hydrogens (tertiary/aromatic N) is 1. The lowest BCUT2D eigenvalue weighted by Crippen LogP contribution is -2.50. The molecule has 20 heavy (non-hydrogen) atoms. The second-order valence-electron chi connectivity index (χ2n) is 5.56. The summed E-state index contributed by atoms with van der Waals surface area (Å²) in [5.74, 6) is -1.51. The first kappa shape index (κ1) is 16.9. The molecule has 0 spiro atoms. The molecule has 1 amide bonds. The van der Waals surface area contributed by atoms with Gasteiger partial charge in [-0.05, 0) is 25.2 Å². The summed E-state index contributed by atoms with van der Waals surface area (Å²) in [6, 6.07) is -1.77. The highest BCUT2D eigenvalue weighted by atomic mass is 32.2. The van der Waals surface area contributed by atoms with Gasteiger partial charge in [-0.15, -0.1) is 0 Å². The van der Waals surface area contributed by atoms with E-state index in [4.69, 9.17) is 5.11 Å². The van der Waals surface area contributed by atoms with E-state index >= 15 is 0 Å². The van der Waals surface area contributed by atoms with Crippen LogP contribution in [0.25, 0.3) is 0 Å². The maximum Gasteiger partial charge on any atom is 0.326 e. The SMILES string of the molecule is CC(C)CC(NC(=O)C1CCCN1S(C)(=O)=O)C(=O)O. The molecule has 7 nitrogen and oxygen atoms in total. The molecule has 0 aromatic heterocycles. The van der Waals surface area contributed by atoms with Crippen LogP contribution in [0.3, 0.4) is 0 Å². The molecule has 116 valence electrons. The fourth-order valence-electron chi connectivity index (χ4n) is 2.36. The van der Waals surface area contributed by atoms with Gasteiger partial charge in [0.05, 0.1) is 6.26 Å². The molecule has 1 heterocycles. The summed E-state index contributed by atoms with van der Waals surface area (Å²) in [5, 5.41) is 11.5. The van der Waals surface area contributed by atoms with Crippen molar-refractivity contribution in [3.8, 4) is 0 Å². The maximum atomic E-state index is 12.1. The zero-order chi connectivity index (χ0) is 15.5. The third-order valence-corrected chi connectivity index (χ3v) is 4.54. The number of carboxylic acids is 1. The van der Waals surface area contributed by atoms with Crippen molar-refractivity contribution < 1.29 is 23.1 Å². The number of carbonyl (C=O) groups excluding carboxylic acids is 1. The van der Waals surface area contributed by atoms with Crippen LogP contribution in [0.1, 0.15) is 33.1 Å². The molecule has 0 aromatic rings. The first-order valence-electron chi connectivity index (χ1n) is 6.63. The van der Waals surface area contributed by atoms with Crippen LogP contribution in [0.2, 0.25) is 0 Å². The van der Waals surface area contributed by atoms with Crippen molar-refractivity contribution in [1.82, 2.24) is 9.62 Å². The Balaban J connectivity index is 2.76. The summed E-state index contributed by atoms with van der Waals surface area (Å²) in [4.78, 5) is 23.2. The second kappa shape index (κ2) is 6.53. The van der Waals surface area contributed by atoms with Gasteiger partial charge in [-0.25, -0.2) is 13.2 Å². The fourth-order valence-corrected chi connectivity index (χ4v) is 3.48. The lowest BCUT2D eigenvalue weighted by atomic mass is 10.0. The lowest BCUT2D eigenvalue weighted by molar-refractivity contribution is -0.142. The Morgan fingerprint density at radius 1 is 1.40 bits per heavy atom. The van der Waals surface area contributed by atoms with Gasteiger partial charge in [0, 0.05) is 6.54 Å². The van der Waals surface area contributed by atoms with Gasteiger partial charge in [-0.2, -0.15) is 4.31 Å². The zero-order valence-electron chi connectivity index (χ0n) is 12.0. The summed E-state index contributed by atoms with van der Waals surface area (Å²) < 4.78 is 24.3. The molecule has 2 unspecified atom stereocenters. The number of carbonyl (C=O) groups is 2. The normalized spacial score (nSPS) is 21.9. The second-order valence-corrected chi connectivity index (χ2v) is 7.50. The summed E-state index contributed by atoms with van der Waals surface area (Å²) in [5.41, 5.74) is 0. The number of sulfonamides is 1. The summed E-state index contributed by atoms with van der Waals surface area (Å²) >= 11 is 0. The lowest BCUT2D eigenvalue weighted by Gasteiger charge is -2.24. The van der Waals surface area contributed by atoms with E-state index in [2.05, 4.69) is 5.32 Å². The van der Waals surface area contributed by atoms with Crippen LogP contribution in [0.5, 0.6) is 0 Å². The minimum Gasteiger partial charge on any atom is -0.480 e. The third-order valence-electron chi connectivity index (χ3n) is 3.25. The molecule has 2 atom stereocenters. The van der Waals surface area contributed by atoms with Crippen molar-refractivity contribution in [2.45, 2.75) is 45.2 Å². The van der Waals surface area contributed by atoms with Gasteiger partial charge >= 0.3 is 5.97 Å². The first-order valence-corrected chi connectivity index (χ1v) is 8.47. The van der Waals surface area contributed by atoms with Crippen molar-refractivity contribution in [3.63, 3.8) is 0 Å². The van der Waals surface area contributed by atoms with Gasteiger partial charge in [-0.3, -0.25) is 4.79 Å². The first-order chi connectivity index (χ1) is 9.12. The van der Waals surface area contributed by atoms with Crippen molar-refractivity contribution in [3.05, 3.63) is 0 Å². The van der Waals surface area contributed by atoms with Crippen LogP contribution in [-0.2, 0) is 19.6 Å². The zero-order valence-corrected chi connectivity index (χ0v) is 12.8. The van der Waals surface area contributed by atoms with Crippen LogP contribution in [0.4, 0.5) is 0 Å². The Hall–Kier alpha value is -1.15. The number of hydrogen-bond acceptors (Lipinski definition) is 4. The predicted octanol–water partition coefficient (Wildman–Crippen LogP) is 0.0259. The summed E-state index contributed by atoms with van der Waals surface area (Å²) in [6.07, 6.45) is 2.40. The highest BCUT2D eigenvalue weighted by Crippen LogP contribution is 2.20. The number of rotatable bonds is 6. The van der Waals surface area contributed by atoms with Crippen molar-refractivity contribution in [1.29, 1.82) is 0 Å². The van der Waals surface area contributed by atoms with E-state index in [1.54, 1.807) is 0 Å². The molecular weight excluding hydrogens is 284 g/mol. The van der Waals surface area contributed by atoms with Crippen LogP contribution in [0, 0.1) is 5.92 Å². The van der Waals surface area contributed by atoms with Crippen LogP contribution in [0.15, 0.2) is 0 Å². The molecule has 0 bridgehead atoms. The van der Waals surface area contributed by atoms with Crippen molar-refractivity contribution in [2.24, 2.45) is 5.92 Å². The molecule has 0 aliphatic carbocycles. The number of carboxylic acid groups (broad SMARTS) is 1. The largest absolute Gasteiger partial charge is 0.480 e. The molecule has 1 aliphatic heterocycles. The van der Waals surface area contributed by atoms with Gasteiger partial charge in [-0.1, -0.05) is 13.8 Å². The van der Waals surface area contributed by atoms with E-state index in [0.717, 1.165) is 10.6 Å². The van der Waals surface area contributed by atoms with Gasteiger partial charge < -0.3 is 10.4 Å². The molecule has 1 fully saturated rings. The Morgan fingerprint density at radius 2 is 2.00 bits per heavy atom. The standard InChI is InChI=1S/C12H22N2O5S/c1-8(2)7-9(12(16)17)13-11(15)10-5-4-6-14(10)20(3,18)19/h8-10H,4-7H2,1-3H3,(H,13,15)(H,16,17). The Labute approximate surface area is 119 Å². The average Bonchev–Trinajstić information content (AvgIpc) is 2.75. The number of nitrogens with one attached hydrogen (secondary N) is 1. The molecule has 1 rings (SSSR count). The monoisotopic (exact) mass is 306 g/mol. The summed E-state index contributed by atoms with van der Waals surface area (Å²) in [6.45, 7) is 4.03. The van der Waals surface area contributed by atoms with E-state index in [1.165, 1.54) is 0 Å². The molecule has 1 saturated heterocycles. The van der Waals surface area contributed by atoms with E-state index in [-0.39, 0.29) is 5.92 Å². The molecule has 8 heteroatoms. The smallest absolute Gasteiger partial charge is 0.326 e. The minimum atomic E-state index is -3.45. The van der Waals surface area contributed by atoms with Gasteiger partial charge in [0.2, 0.25) is 15.9 Å². The molecule has 1 aliphatic rings. The van der Waals surface area contributed by atoms with E-state index in [0.29, 0.717) is 25.8 Å². The molecule has 0 saturated carbocycles. The predicted molar refractivity (Wildman–Crippen MR) is 73.6 cm³/mol. The van der Waals surface area contributed by atoms with Crippen LogP contribution < -0.4 is 5.32 Å². The summed E-state index contributed by atoms with van der Waals surface area (Å²) in [7, 11) is -3.45. The molecule has 2 N–H and O–H groups in total. The topological polar surface area (TPSA) is 104 Å². The fraction of sp³-hybridized carbons (Fsp3) is 0.833. The number of aliphatic carboxylic acids is 1. The van der Waals surface area contributed by atoms with E-state index in [1.807, 2.05) is 13.8 Å². The van der Waals surface area contributed by atoms with Crippen LogP contribution in [-0.4, -0.2) is 54.6 Å². The average molecular weight is 306 g/mol.